The molecule has 90 valence electrons. The van der Waals surface area contributed by atoms with Crippen LogP contribution in [0.25, 0.3) is 0 Å². The third kappa shape index (κ3) is 3.34. The SMILES string of the molecule is CSCCN(C)C1(CN)CCCN(C)C1. The summed E-state index contributed by atoms with van der Waals surface area (Å²) in [6.07, 6.45) is 4.69. The zero-order chi connectivity index (χ0) is 11.3. The molecule has 1 atom stereocenters. The van der Waals surface area contributed by atoms with Crippen LogP contribution >= 0.6 is 11.8 Å². The molecule has 0 aromatic rings. The van der Waals surface area contributed by atoms with Gasteiger partial charge < -0.3 is 10.6 Å². The summed E-state index contributed by atoms with van der Waals surface area (Å²) < 4.78 is 0. The predicted octanol–water partition coefficient (Wildman–Crippen LogP) is 0.704. The van der Waals surface area contributed by atoms with E-state index in [1.165, 1.54) is 25.1 Å². The fourth-order valence-electron chi connectivity index (χ4n) is 2.44. The van der Waals surface area contributed by atoms with Crippen molar-refractivity contribution in [2.24, 2.45) is 5.73 Å². The van der Waals surface area contributed by atoms with Gasteiger partial charge in [0, 0.05) is 30.9 Å². The highest BCUT2D eigenvalue weighted by atomic mass is 32.2. The van der Waals surface area contributed by atoms with Gasteiger partial charge in [-0.3, -0.25) is 4.90 Å². The monoisotopic (exact) mass is 231 g/mol. The summed E-state index contributed by atoms with van der Waals surface area (Å²) in [5, 5.41) is 0. The summed E-state index contributed by atoms with van der Waals surface area (Å²) >= 11 is 1.91. The summed E-state index contributed by atoms with van der Waals surface area (Å²) in [5.74, 6) is 1.20. The Morgan fingerprint density at radius 2 is 2.27 bits per heavy atom. The minimum atomic E-state index is 0.225. The first-order valence-electron chi connectivity index (χ1n) is 5.73. The van der Waals surface area contributed by atoms with E-state index in [2.05, 4.69) is 30.2 Å². The van der Waals surface area contributed by atoms with Crippen LogP contribution in [0.3, 0.4) is 0 Å². The average Bonchev–Trinajstić information content (AvgIpc) is 2.25. The van der Waals surface area contributed by atoms with Crippen molar-refractivity contribution in [3.8, 4) is 0 Å². The van der Waals surface area contributed by atoms with E-state index in [-0.39, 0.29) is 5.54 Å². The third-order valence-corrected chi connectivity index (χ3v) is 4.16. The fourth-order valence-corrected chi connectivity index (χ4v) is 2.89. The molecule has 4 heteroatoms. The van der Waals surface area contributed by atoms with Crippen molar-refractivity contribution >= 4 is 11.8 Å². The molecule has 0 amide bonds. The van der Waals surface area contributed by atoms with E-state index in [4.69, 9.17) is 5.73 Å². The first kappa shape index (κ1) is 13.3. The van der Waals surface area contributed by atoms with Gasteiger partial charge >= 0.3 is 0 Å². The van der Waals surface area contributed by atoms with Crippen molar-refractivity contribution in [2.45, 2.75) is 18.4 Å². The summed E-state index contributed by atoms with van der Waals surface area (Å²) in [4.78, 5) is 4.88. The predicted molar refractivity (Wildman–Crippen MR) is 69.5 cm³/mol. The van der Waals surface area contributed by atoms with Gasteiger partial charge in [0.25, 0.3) is 0 Å². The van der Waals surface area contributed by atoms with Crippen molar-refractivity contribution in [1.29, 1.82) is 0 Å². The first-order valence-corrected chi connectivity index (χ1v) is 7.13. The molecular weight excluding hydrogens is 206 g/mol. The molecule has 0 radical (unpaired) electrons. The number of nitrogens with two attached hydrogens (primary N) is 1. The summed E-state index contributed by atoms with van der Waals surface area (Å²) in [6.45, 7) is 4.26. The second-order valence-corrected chi connectivity index (χ2v) is 5.67. The summed E-state index contributed by atoms with van der Waals surface area (Å²) in [7, 11) is 4.42. The summed E-state index contributed by atoms with van der Waals surface area (Å²) in [6, 6.07) is 0. The topological polar surface area (TPSA) is 32.5 Å². The van der Waals surface area contributed by atoms with E-state index in [0.717, 1.165) is 19.6 Å². The summed E-state index contributed by atoms with van der Waals surface area (Å²) in [5.41, 5.74) is 6.22. The molecule has 0 aliphatic carbocycles. The number of rotatable bonds is 5. The maximum absolute atomic E-state index is 6.00. The Hall–Kier alpha value is 0.230. The highest BCUT2D eigenvalue weighted by Gasteiger charge is 2.36. The average molecular weight is 231 g/mol. The number of likely N-dealkylation sites (tertiary alicyclic amines) is 1. The lowest BCUT2D eigenvalue weighted by Crippen LogP contribution is -2.61. The quantitative estimate of drug-likeness (QED) is 0.755. The molecule has 0 spiro atoms. The zero-order valence-corrected chi connectivity index (χ0v) is 11.1. The number of hydrogen-bond donors (Lipinski definition) is 1. The largest absolute Gasteiger partial charge is 0.329 e. The molecule has 2 N–H and O–H groups in total. The van der Waals surface area contributed by atoms with Crippen molar-refractivity contribution in [2.75, 3.05) is 52.3 Å². The number of nitrogens with zero attached hydrogens (tertiary/aromatic N) is 2. The van der Waals surface area contributed by atoms with E-state index in [0.29, 0.717) is 0 Å². The number of thioether (sulfide) groups is 1. The highest BCUT2D eigenvalue weighted by molar-refractivity contribution is 7.98. The standard InChI is InChI=1S/C11H25N3S/c1-13-6-4-5-11(9-12,10-13)14(2)7-8-15-3/h4-10,12H2,1-3H3. The Bertz CT molecular complexity index is 189. The Kier molecular flexibility index (Phi) is 5.39. The lowest BCUT2D eigenvalue weighted by molar-refractivity contribution is 0.0496. The normalized spacial score (nSPS) is 28.6. The van der Waals surface area contributed by atoms with E-state index in [9.17, 15) is 0 Å². The Morgan fingerprint density at radius 1 is 1.53 bits per heavy atom. The third-order valence-electron chi connectivity index (χ3n) is 3.57. The minimum Gasteiger partial charge on any atom is -0.329 e. The Labute approximate surface area is 98.4 Å². The van der Waals surface area contributed by atoms with Crippen molar-refractivity contribution in [3.05, 3.63) is 0 Å². The van der Waals surface area contributed by atoms with Gasteiger partial charge in [0.2, 0.25) is 0 Å². The van der Waals surface area contributed by atoms with Crippen molar-refractivity contribution in [1.82, 2.24) is 9.80 Å². The molecule has 1 heterocycles. The van der Waals surface area contributed by atoms with Crippen molar-refractivity contribution < 1.29 is 0 Å². The van der Waals surface area contributed by atoms with Crippen LogP contribution in [0.5, 0.6) is 0 Å². The van der Waals surface area contributed by atoms with Crippen LogP contribution in [0.15, 0.2) is 0 Å². The van der Waals surface area contributed by atoms with Crippen LogP contribution < -0.4 is 5.73 Å². The second kappa shape index (κ2) is 6.09. The Balaban J connectivity index is 2.57. The van der Waals surface area contributed by atoms with Gasteiger partial charge in [-0.1, -0.05) is 0 Å². The van der Waals surface area contributed by atoms with Crippen LogP contribution in [0.1, 0.15) is 12.8 Å². The van der Waals surface area contributed by atoms with E-state index >= 15 is 0 Å². The fraction of sp³-hybridized carbons (Fsp3) is 1.00. The van der Waals surface area contributed by atoms with Crippen LogP contribution in [-0.2, 0) is 0 Å². The van der Waals surface area contributed by atoms with Gasteiger partial charge in [-0.25, -0.2) is 0 Å². The van der Waals surface area contributed by atoms with Crippen LogP contribution in [0.4, 0.5) is 0 Å². The van der Waals surface area contributed by atoms with E-state index in [1.807, 2.05) is 11.8 Å². The lowest BCUT2D eigenvalue weighted by atomic mass is 9.87. The molecule has 0 aromatic carbocycles. The lowest BCUT2D eigenvalue weighted by Gasteiger charge is -2.47. The van der Waals surface area contributed by atoms with Gasteiger partial charge in [0.05, 0.1) is 0 Å². The number of likely N-dealkylation sites (N-methyl/N-ethyl adjacent to an activating group) is 2. The molecule has 1 unspecified atom stereocenters. The maximum atomic E-state index is 6.00. The molecule has 3 nitrogen and oxygen atoms in total. The van der Waals surface area contributed by atoms with E-state index < -0.39 is 0 Å². The molecule has 1 fully saturated rings. The Morgan fingerprint density at radius 3 is 2.80 bits per heavy atom. The molecule has 1 saturated heterocycles. The van der Waals surface area contributed by atoms with Crippen LogP contribution in [0.2, 0.25) is 0 Å². The molecule has 15 heavy (non-hydrogen) atoms. The van der Waals surface area contributed by atoms with Gasteiger partial charge in [-0.05, 0) is 39.7 Å². The van der Waals surface area contributed by atoms with Crippen LogP contribution in [-0.4, -0.2) is 67.6 Å². The van der Waals surface area contributed by atoms with Crippen LogP contribution in [0, 0.1) is 0 Å². The minimum absolute atomic E-state index is 0.225. The van der Waals surface area contributed by atoms with E-state index in [1.54, 1.807) is 0 Å². The van der Waals surface area contributed by atoms with Crippen molar-refractivity contribution in [3.63, 3.8) is 0 Å². The van der Waals surface area contributed by atoms with Gasteiger partial charge in [-0.2, -0.15) is 11.8 Å². The smallest absolute Gasteiger partial charge is 0.0456 e. The number of hydrogen-bond acceptors (Lipinski definition) is 4. The molecule has 1 rings (SSSR count). The van der Waals surface area contributed by atoms with Gasteiger partial charge in [0.1, 0.15) is 0 Å². The molecule has 1 aliphatic rings. The molecule has 0 saturated carbocycles. The molecule has 1 aliphatic heterocycles. The van der Waals surface area contributed by atoms with Gasteiger partial charge in [-0.15, -0.1) is 0 Å². The second-order valence-electron chi connectivity index (χ2n) is 4.68. The van der Waals surface area contributed by atoms with Gasteiger partial charge in [0.15, 0.2) is 0 Å². The maximum Gasteiger partial charge on any atom is 0.0456 e. The first-order chi connectivity index (χ1) is 7.14. The number of piperidine rings is 1. The molecule has 0 bridgehead atoms. The molecular formula is C11H25N3S. The molecule has 0 aromatic heterocycles. The zero-order valence-electron chi connectivity index (χ0n) is 10.3. The highest BCUT2D eigenvalue weighted by Crippen LogP contribution is 2.25.